The number of hydrogen-bond acceptors (Lipinski definition) is 2. The molecular weight excluding hydrogens is 268 g/mol. The number of rotatable bonds is 6. The van der Waals surface area contributed by atoms with Crippen LogP contribution in [-0.2, 0) is 4.79 Å². The smallest absolute Gasteiger partial charge is 0.328 e. The zero-order valence-electron chi connectivity index (χ0n) is 12.7. The molecule has 0 saturated heterocycles. The third kappa shape index (κ3) is 5.30. The van der Waals surface area contributed by atoms with Gasteiger partial charge in [-0.25, -0.2) is 9.59 Å². The maximum Gasteiger partial charge on any atom is 0.328 e. The van der Waals surface area contributed by atoms with Gasteiger partial charge in [0.05, 0.1) is 0 Å². The van der Waals surface area contributed by atoms with Crippen LogP contribution in [0.5, 0.6) is 0 Å². The van der Waals surface area contributed by atoms with Crippen molar-refractivity contribution in [2.24, 2.45) is 0 Å². The first kappa shape index (κ1) is 16.8. The first-order valence-corrected chi connectivity index (χ1v) is 7.02. The normalized spacial score (nSPS) is 10.9. The summed E-state index contributed by atoms with van der Waals surface area (Å²) in [5, 5.41) is 11.4. The number of carbonyl (C=O) groups is 2. The molecule has 0 bridgehead atoms. The van der Waals surface area contributed by atoms with Crippen LogP contribution in [0.25, 0.3) is 6.08 Å². The molecule has 5 nitrogen and oxygen atoms in total. The van der Waals surface area contributed by atoms with Crippen LogP contribution in [-0.4, -0.2) is 35.1 Å². The fourth-order valence-electron chi connectivity index (χ4n) is 2.06. The molecule has 0 unspecified atom stereocenters. The van der Waals surface area contributed by atoms with Gasteiger partial charge in [-0.15, -0.1) is 0 Å². The van der Waals surface area contributed by atoms with Gasteiger partial charge in [0.25, 0.3) is 0 Å². The van der Waals surface area contributed by atoms with E-state index in [1.165, 1.54) is 6.08 Å². The van der Waals surface area contributed by atoms with Crippen LogP contribution in [0.2, 0.25) is 0 Å². The Labute approximate surface area is 125 Å². The highest BCUT2D eigenvalue weighted by Crippen LogP contribution is 2.13. The van der Waals surface area contributed by atoms with Crippen LogP contribution in [0.15, 0.2) is 30.3 Å². The molecule has 2 amide bonds. The van der Waals surface area contributed by atoms with Crippen LogP contribution >= 0.6 is 0 Å². The summed E-state index contributed by atoms with van der Waals surface area (Å²) in [6, 6.07) is 7.10. The molecule has 0 aromatic heterocycles. The topological polar surface area (TPSA) is 69.6 Å². The predicted octanol–water partition coefficient (Wildman–Crippen LogP) is 3.44. The molecule has 0 aliphatic heterocycles. The van der Waals surface area contributed by atoms with E-state index in [0.717, 1.165) is 24.5 Å². The van der Waals surface area contributed by atoms with Gasteiger partial charge in [-0.05, 0) is 36.6 Å². The van der Waals surface area contributed by atoms with Gasteiger partial charge in [-0.3, -0.25) is 0 Å². The van der Waals surface area contributed by atoms with Crippen molar-refractivity contribution in [1.82, 2.24) is 4.90 Å². The average Bonchev–Trinajstić information content (AvgIpc) is 2.47. The largest absolute Gasteiger partial charge is 0.478 e. The lowest BCUT2D eigenvalue weighted by atomic mass is 10.1. The summed E-state index contributed by atoms with van der Waals surface area (Å²) in [6.45, 7) is 4.11. The molecule has 0 aliphatic carbocycles. The van der Waals surface area contributed by atoms with E-state index in [0.29, 0.717) is 5.69 Å². The molecule has 21 heavy (non-hydrogen) atoms. The third-order valence-corrected chi connectivity index (χ3v) is 3.39. The Kier molecular flexibility index (Phi) is 6.46. The molecule has 1 aromatic rings. The molecule has 1 rings (SSSR count). The Balaban J connectivity index is 2.67. The highest BCUT2D eigenvalue weighted by Gasteiger charge is 2.16. The van der Waals surface area contributed by atoms with E-state index < -0.39 is 5.97 Å². The summed E-state index contributed by atoms with van der Waals surface area (Å²) >= 11 is 0. The highest BCUT2D eigenvalue weighted by atomic mass is 16.4. The van der Waals surface area contributed by atoms with Crippen LogP contribution in [0.1, 0.15) is 32.3 Å². The van der Waals surface area contributed by atoms with Crippen molar-refractivity contribution in [3.63, 3.8) is 0 Å². The molecule has 0 aliphatic rings. The Morgan fingerprint density at radius 3 is 2.29 bits per heavy atom. The molecule has 0 spiro atoms. The number of anilines is 1. The lowest BCUT2D eigenvalue weighted by Crippen LogP contribution is -2.39. The minimum atomic E-state index is -0.987. The Bertz CT molecular complexity index is 505. The second-order valence-electron chi connectivity index (χ2n) is 4.80. The van der Waals surface area contributed by atoms with E-state index in [-0.39, 0.29) is 12.1 Å². The number of aliphatic carboxylic acids is 1. The minimum absolute atomic E-state index is 0.141. The molecule has 2 N–H and O–H groups in total. The predicted molar refractivity (Wildman–Crippen MR) is 84.3 cm³/mol. The van der Waals surface area contributed by atoms with Crippen molar-refractivity contribution in [2.75, 3.05) is 12.4 Å². The van der Waals surface area contributed by atoms with Crippen molar-refractivity contribution in [2.45, 2.75) is 32.7 Å². The zero-order chi connectivity index (χ0) is 15.8. The van der Waals surface area contributed by atoms with Crippen LogP contribution < -0.4 is 5.32 Å². The lowest BCUT2D eigenvalue weighted by molar-refractivity contribution is -0.131. The van der Waals surface area contributed by atoms with E-state index in [1.54, 1.807) is 36.2 Å². The first-order chi connectivity index (χ1) is 9.97. The number of urea groups is 1. The van der Waals surface area contributed by atoms with Crippen molar-refractivity contribution in [3.8, 4) is 0 Å². The molecule has 0 atom stereocenters. The summed E-state index contributed by atoms with van der Waals surface area (Å²) < 4.78 is 0. The second-order valence-corrected chi connectivity index (χ2v) is 4.80. The maximum absolute atomic E-state index is 12.1. The number of nitrogens with one attached hydrogen (secondary N) is 1. The number of amides is 2. The molecule has 0 heterocycles. The molecule has 1 aromatic carbocycles. The first-order valence-electron chi connectivity index (χ1n) is 7.02. The van der Waals surface area contributed by atoms with Crippen LogP contribution in [0.4, 0.5) is 10.5 Å². The van der Waals surface area contributed by atoms with Crippen molar-refractivity contribution in [3.05, 3.63) is 35.9 Å². The molecule has 0 radical (unpaired) electrons. The number of nitrogens with zero attached hydrogens (tertiary/aromatic N) is 1. The molecule has 5 heteroatoms. The van der Waals surface area contributed by atoms with Crippen LogP contribution in [0, 0.1) is 0 Å². The summed E-state index contributed by atoms with van der Waals surface area (Å²) in [5.74, 6) is -0.987. The standard InChI is InChI=1S/C16H22N2O3/c1-4-14(5-2)18(3)16(21)17-13-9-6-12(7-10-13)8-11-15(19)20/h6-11,14H,4-5H2,1-3H3,(H,17,21)(H,19,20)/b11-8+. The van der Waals surface area contributed by atoms with E-state index in [2.05, 4.69) is 19.2 Å². The number of carbonyl (C=O) groups excluding carboxylic acids is 1. The van der Waals surface area contributed by atoms with E-state index in [4.69, 9.17) is 5.11 Å². The fourth-order valence-corrected chi connectivity index (χ4v) is 2.06. The van der Waals surface area contributed by atoms with Gasteiger partial charge >= 0.3 is 12.0 Å². The lowest BCUT2D eigenvalue weighted by Gasteiger charge is -2.26. The fraction of sp³-hybridized carbons (Fsp3) is 0.375. The second kappa shape index (κ2) is 8.09. The number of carboxylic acid groups (broad SMARTS) is 1. The van der Waals surface area contributed by atoms with Crippen LogP contribution in [0.3, 0.4) is 0 Å². The van der Waals surface area contributed by atoms with Crippen molar-refractivity contribution >= 4 is 23.8 Å². The summed E-state index contributed by atoms with van der Waals surface area (Å²) in [7, 11) is 1.79. The molecule has 0 fully saturated rings. The SMILES string of the molecule is CCC(CC)N(C)C(=O)Nc1ccc(/C=C/C(=O)O)cc1. The highest BCUT2D eigenvalue weighted by molar-refractivity contribution is 5.89. The Hall–Kier alpha value is -2.30. The number of hydrogen-bond donors (Lipinski definition) is 2. The van der Waals surface area contributed by atoms with Gasteiger partial charge in [0.2, 0.25) is 0 Å². The molecular formula is C16H22N2O3. The summed E-state index contributed by atoms with van der Waals surface area (Å²) in [4.78, 5) is 24.2. The van der Waals surface area contributed by atoms with Gasteiger partial charge in [-0.2, -0.15) is 0 Å². The molecule has 114 valence electrons. The van der Waals surface area contributed by atoms with Gasteiger partial charge < -0.3 is 15.3 Å². The Morgan fingerprint density at radius 1 is 1.24 bits per heavy atom. The minimum Gasteiger partial charge on any atom is -0.478 e. The summed E-state index contributed by atoms with van der Waals surface area (Å²) in [6.07, 6.45) is 4.41. The van der Waals surface area contributed by atoms with E-state index in [9.17, 15) is 9.59 Å². The van der Waals surface area contributed by atoms with Gasteiger partial charge in [0.1, 0.15) is 0 Å². The van der Waals surface area contributed by atoms with E-state index >= 15 is 0 Å². The summed E-state index contributed by atoms with van der Waals surface area (Å²) in [5.41, 5.74) is 1.45. The van der Waals surface area contributed by atoms with Gasteiger partial charge in [0.15, 0.2) is 0 Å². The van der Waals surface area contributed by atoms with Gasteiger partial charge in [-0.1, -0.05) is 26.0 Å². The number of carboxylic acids is 1. The Morgan fingerprint density at radius 2 is 1.81 bits per heavy atom. The molecule has 0 saturated carbocycles. The zero-order valence-corrected chi connectivity index (χ0v) is 12.7. The monoisotopic (exact) mass is 290 g/mol. The number of benzene rings is 1. The van der Waals surface area contributed by atoms with E-state index in [1.807, 2.05) is 0 Å². The van der Waals surface area contributed by atoms with Crippen molar-refractivity contribution < 1.29 is 14.7 Å². The quantitative estimate of drug-likeness (QED) is 0.788. The van der Waals surface area contributed by atoms with Crippen molar-refractivity contribution in [1.29, 1.82) is 0 Å². The maximum atomic E-state index is 12.1. The third-order valence-electron chi connectivity index (χ3n) is 3.39. The average molecular weight is 290 g/mol. The van der Waals surface area contributed by atoms with Gasteiger partial charge in [0, 0.05) is 24.9 Å².